The van der Waals surface area contributed by atoms with Gasteiger partial charge in [0.25, 0.3) is 0 Å². The van der Waals surface area contributed by atoms with Crippen LogP contribution in [0.5, 0.6) is 5.75 Å². The van der Waals surface area contributed by atoms with Crippen molar-refractivity contribution in [2.75, 3.05) is 48.4 Å². The van der Waals surface area contributed by atoms with Gasteiger partial charge in [0, 0.05) is 38.8 Å². The Morgan fingerprint density at radius 2 is 1.91 bits per heavy atom. The molecule has 1 amide bonds. The number of hydrogen-bond acceptors (Lipinski definition) is 10. The molecule has 1 saturated carbocycles. The summed E-state index contributed by atoms with van der Waals surface area (Å²) in [6.45, 7) is 2.05. The smallest absolute Gasteiger partial charge is 0.407 e. The van der Waals surface area contributed by atoms with Crippen molar-refractivity contribution in [2.45, 2.75) is 25.4 Å². The number of ether oxygens (including phenoxy) is 1. The van der Waals surface area contributed by atoms with Gasteiger partial charge >= 0.3 is 6.09 Å². The number of nitrogens with zero attached hydrogens (tertiary/aromatic N) is 9. The van der Waals surface area contributed by atoms with Gasteiger partial charge in [-0.2, -0.15) is 20.0 Å². The number of aromatic nitrogens is 4. The van der Waals surface area contributed by atoms with Crippen LogP contribution in [0.1, 0.15) is 29.7 Å². The third-order valence-electron chi connectivity index (χ3n) is 7.55. The van der Waals surface area contributed by atoms with Gasteiger partial charge in [-0.25, -0.2) is 9.78 Å². The third-order valence-corrected chi connectivity index (χ3v) is 7.95. The summed E-state index contributed by atoms with van der Waals surface area (Å²) in [6, 6.07) is 15.7. The molecule has 13 nitrogen and oxygen atoms in total. The number of rotatable bonds is 8. The normalized spacial score (nSPS) is 14.7. The number of nitriles is 2. The number of carboxylic acid groups (broad SMARTS) is 1. The lowest BCUT2D eigenvalue weighted by atomic mass is 10.1. The monoisotopic (exact) mass is 598 g/mol. The molecular weight excluding hydrogens is 572 g/mol. The van der Waals surface area contributed by atoms with Crippen molar-refractivity contribution in [2.24, 2.45) is 0 Å². The van der Waals surface area contributed by atoms with Crippen LogP contribution in [0, 0.1) is 22.7 Å². The molecule has 4 aromatic rings. The van der Waals surface area contributed by atoms with E-state index in [4.69, 9.17) is 21.3 Å². The zero-order chi connectivity index (χ0) is 30.1. The van der Waals surface area contributed by atoms with E-state index in [9.17, 15) is 20.4 Å². The number of piperazine rings is 1. The molecule has 1 saturated heterocycles. The van der Waals surface area contributed by atoms with Crippen molar-refractivity contribution in [3.63, 3.8) is 0 Å². The van der Waals surface area contributed by atoms with Crippen LogP contribution in [-0.2, 0) is 6.54 Å². The van der Waals surface area contributed by atoms with Gasteiger partial charge in [-0.1, -0.05) is 23.7 Å². The van der Waals surface area contributed by atoms with Crippen molar-refractivity contribution in [1.29, 1.82) is 10.5 Å². The Balaban J connectivity index is 1.37. The van der Waals surface area contributed by atoms with Crippen molar-refractivity contribution in [3.05, 3.63) is 64.4 Å². The van der Waals surface area contributed by atoms with E-state index >= 15 is 0 Å². The lowest BCUT2D eigenvalue weighted by Crippen LogP contribution is -2.48. The van der Waals surface area contributed by atoms with E-state index in [1.807, 2.05) is 29.2 Å². The van der Waals surface area contributed by atoms with Gasteiger partial charge in [0.15, 0.2) is 17.2 Å². The van der Waals surface area contributed by atoms with E-state index in [0.29, 0.717) is 66.1 Å². The minimum absolute atomic E-state index is 0.177. The molecule has 3 heterocycles. The second-order valence-electron chi connectivity index (χ2n) is 10.3. The number of amides is 1. The molecule has 0 radical (unpaired) electrons. The first-order valence-corrected chi connectivity index (χ1v) is 14.0. The summed E-state index contributed by atoms with van der Waals surface area (Å²) in [5.41, 5.74) is 3.14. The summed E-state index contributed by atoms with van der Waals surface area (Å²) in [7, 11) is 1.63. The van der Waals surface area contributed by atoms with Crippen LogP contribution in [0.3, 0.4) is 0 Å². The standard InChI is InChI=1S/C29H27ClN10O3/c1-43-22-6-2-18(3-7-22)17-39(20-4-5-20)27-26-33-16-21(15-32)40(26)36-28(35-27)34-23-12-19(14-31)13-24(25(23)30)37-8-10-38(11-9-37)29(41)42/h2-3,6-7,12-13,16,20H,4-5,8-11,17H2,1H3,(H,34,36)(H,41,42). The second-order valence-corrected chi connectivity index (χ2v) is 10.7. The van der Waals surface area contributed by atoms with Crippen LogP contribution in [0.25, 0.3) is 5.65 Å². The van der Waals surface area contributed by atoms with E-state index in [1.54, 1.807) is 19.2 Å². The summed E-state index contributed by atoms with van der Waals surface area (Å²) < 4.78 is 6.77. The largest absolute Gasteiger partial charge is 0.497 e. The molecule has 6 rings (SSSR count). The first-order chi connectivity index (χ1) is 20.9. The molecule has 43 heavy (non-hydrogen) atoms. The maximum atomic E-state index is 11.4. The number of methoxy groups -OCH3 is 1. The molecule has 2 fully saturated rings. The molecule has 218 valence electrons. The van der Waals surface area contributed by atoms with Gasteiger partial charge < -0.3 is 29.9 Å². The van der Waals surface area contributed by atoms with Crippen LogP contribution < -0.4 is 19.9 Å². The van der Waals surface area contributed by atoms with Crippen LogP contribution in [-0.4, -0.2) is 75.0 Å². The highest BCUT2D eigenvalue weighted by Crippen LogP contribution is 2.38. The predicted molar refractivity (Wildman–Crippen MR) is 159 cm³/mol. The van der Waals surface area contributed by atoms with Gasteiger partial charge in [-0.05, 0) is 42.7 Å². The molecular formula is C29H27ClN10O3. The molecule has 2 aromatic carbocycles. The Kier molecular flexibility index (Phi) is 7.49. The number of nitrogens with one attached hydrogen (secondary N) is 1. The average Bonchev–Trinajstić information content (AvgIpc) is 3.79. The SMILES string of the molecule is COc1ccc(CN(c2nc(Nc3cc(C#N)cc(N4CCN(C(=O)O)CC4)c3Cl)nn3c(C#N)cnc23)C2CC2)cc1. The number of halogens is 1. The van der Waals surface area contributed by atoms with Crippen molar-refractivity contribution in [1.82, 2.24) is 24.5 Å². The molecule has 0 spiro atoms. The quantitative estimate of drug-likeness (QED) is 0.298. The van der Waals surface area contributed by atoms with E-state index in [0.717, 1.165) is 24.2 Å². The number of hydrogen-bond donors (Lipinski definition) is 2. The van der Waals surface area contributed by atoms with Crippen molar-refractivity contribution in [3.8, 4) is 17.9 Å². The molecule has 2 aromatic heterocycles. The van der Waals surface area contributed by atoms with Gasteiger partial charge in [0.1, 0.15) is 11.8 Å². The maximum absolute atomic E-state index is 11.4. The van der Waals surface area contributed by atoms with Gasteiger partial charge in [0.2, 0.25) is 5.95 Å². The number of carbonyl (C=O) groups is 1. The lowest BCUT2D eigenvalue weighted by molar-refractivity contribution is 0.142. The van der Waals surface area contributed by atoms with E-state index in [2.05, 4.69) is 32.4 Å². The molecule has 14 heteroatoms. The zero-order valence-electron chi connectivity index (χ0n) is 23.2. The molecule has 1 aliphatic carbocycles. The fraction of sp³-hybridized carbons (Fsp3) is 0.310. The van der Waals surface area contributed by atoms with Gasteiger partial charge in [0.05, 0.1) is 41.3 Å². The third kappa shape index (κ3) is 5.63. The Bertz CT molecular complexity index is 1770. The highest BCUT2D eigenvalue weighted by molar-refractivity contribution is 6.36. The highest BCUT2D eigenvalue weighted by Gasteiger charge is 2.33. The lowest BCUT2D eigenvalue weighted by Gasteiger charge is -2.35. The minimum atomic E-state index is -0.967. The van der Waals surface area contributed by atoms with Crippen LogP contribution in [0.15, 0.2) is 42.6 Å². The van der Waals surface area contributed by atoms with E-state index < -0.39 is 6.09 Å². The summed E-state index contributed by atoms with van der Waals surface area (Å²) >= 11 is 6.88. The maximum Gasteiger partial charge on any atom is 0.407 e. The van der Waals surface area contributed by atoms with Crippen molar-refractivity contribution < 1.29 is 14.6 Å². The summed E-state index contributed by atoms with van der Waals surface area (Å²) in [4.78, 5) is 26.2. The van der Waals surface area contributed by atoms with E-state index in [1.165, 1.54) is 15.6 Å². The van der Waals surface area contributed by atoms with Crippen LogP contribution in [0.2, 0.25) is 5.02 Å². The molecule has 2 N–H and O–H groups in total. The van der Waals surface area contributed by atoms with E-state index in [-0.39, 0.29) is 17.7 Å². The average molecular weight is 599 g/mol. The number of anilines is 4. The molecule has 0 unspecified atom stereocenters. The molecule has 2 aliphatic rings. The fourth-order valence-corrected chi connectivity index (χ4v) is 5.41. The molecule has 0 bridgehead atoms. The fourth-order valence-electron chi connectivity index (χ4n) is 5.13. The molecule has 1 aliphatic heterocycles. The number of imidazole rings is 1. The Hall–Kier alpha value is -5.27. The molecule has 0 atom stereocenters. The summed E-state index contributed by atoms with van der Waals surface area (Å²) in [5.74, 6) is 1.51. The Labute approximate surface area is 252 Å². The summed E-state index contributed by atoms with van der Waals surface area (Å²) in [5, 5.41) is 37.0. The first kappa shape index (κ1) is 27.9. The van der Waals surface area contributed by atoms with Crippen LogP contribution in [0.4, 0.5) is 27.9 Å². The second kappa shape index (κ2) is 11.5. The topological polar surface area (TPSA) is 159 Å². The van der Waals surface area contributed by atoms with Gasteiger partial charge in [-0.15, -0.1) is 5.10 Å². The number of benzene rings is 2. The number of fused-ring (bicyclic) bond motifs is 1. The zero-order valence-corrected chi connectivity index (χ0v) is 24.0. The van der Waals surface area contributed by atoms with Crippen LogP contribution >= 0.6 is 11.6 Å². The summed E-state index contributed by atoms with van der Waals surface area (Å²) in [6.07, 6.45) is 2.49. The Morgan fingerprint density at radius 1 is 1.16 bits per heavy atom. The predicted octanol–water partition coefficient (Wildman–Crippen LogP) is 4.24. The van der Waals surface area contributed by atoms with Gasteiger partial charge in [-0.3, -0.25) is 0 Å². The minimum Gasteiger partial charge on any atom is -0.497 e. The highest BCUT2D eigenvalue weighted by atomic mass is 35.5. The first-order valence-electron chi connectivity index (χ1n) is 13.7. The van der Waals surface area contributed by atoms with Crippen molar-refractivity contribution >= 4 is 46.5 Å². The Morgan fingerprint density at radius 3 is 2.53 bits per heavy atom.